The molecule has 3 aromatic rings. The summed E-state index contributed by atoms with van der Waals surface area (Å²) in [4.78, 5) is 12.0. The number of H-pyrrole nitrogens is 1. The summed E-state index contributed by atoms with van der Waals surface area (Å²) in [5.74, 6) is -0.439. The summed E-state index contributed by atoms with van der Waals surface area (Å²) in [5, 5.41) is 7.91. The summed E-state index contributed by atoms with van der Waals surface area (Å²) in [6.45, 7) is 3.73. The molecule has 0 fully saturated rings. The van der Waals surface area contributed by atoms with Gasteiger partial charge in [0.2, 0.25) is 0 Å². The van der Waals surface area contributed by atoms with E-state index >= 15 is 0 Å². The molecule has 2 heterocycles. The molecular formula is C13H11FIN4OP. The fourth-order valence-electron chi connectivity index (χ4n) is 2.24. The minimum Gasteiger partial charge on any atom is -0.303 e. The van der Waals surface area contributed by atoms with Gasteiger partial charge in [-0.2, -0.15) is 5.10 Å². The topological polar surface area (TPSA) is 55.6 Å². The molecule has 0 spiro atoms. The Morgan fingerprint density at radius 2 is 2.24 bits per heavy atom. The highest BCUT2D eigenvalue weighted by atomic mass is 127. The Morgan fingerprint density at radius 3 is 2.81 bits per heavy atom. The summed E-state index contributed by atoms with van der Waals surface area (Å²) >= 11 is 2.18. The predicted octanol–water partition coefficient (Wildman–Crippen LogP) is 3.30. The summed E-state index contributed by atoms with van der Waals surface area (Å²) in [6.07, 6.45) is 3.49. The van der Waals surface area contributed by atoms with Gasteiger partial charge < -0.3 is 5.10 Å². The average molecular weight is 416 g/mol. The van der Waals surface area contributed by atoms with Crippen LogP contribution in [-0.2, 0) is 7.05 Å². The first-order chi connectivity index (χ1) is 10.1. The Kier molecular flexibility index (Phi) is 3.71. The molecule has 0 amide bonds. The molecule has 108 valence electrons. The van der Waals surface area contributed by atoms with Crippen molar-refractivity contribution in [3.8, 4) is 11.1 Å². The third-order valence-electron chi connectivity index (χ3n) is 3.30. The van der Waals surface area contributed by atoms with Crippen LogP contribution in [0.25, 0.3) is 28.1 Å². The molecule has 0 radical (unpaired) electrons. The van der Waals surface area contributed by atoms with Crippen molar-refractivity contribution in [2.75, 3.05) is 0 Å². The molecule has 5 nitrogen and oxygen atoms in total. The largest absolute Gasteiger partial charge is 0.303 e. The Hall–Kier alpha value is -1.47. The molecule has 0 bridgehead atoms. The van der Waals surface area contributed by atoms with Crippen LogP contribution in [0.2, 0.25) is 0 Å². The van der Waals surface area contributed by atoms with Crippen LogP contribution < -0.4 is 5.56 Å². The minimum atomic E-state index is -0.439. The van der Waals surface area contributed by atoms with E-state index in [0.29, 0.717) is 23.1 Å². The first-order valence-electron chi connectivity index (χ1n) is 6.03. The Morgan fingerprint density at radius 1 is 1.48 bits per heavy atom. The molecular weight excluding hydrogens is 405 g/mol. The third-order valence-corrected chi connectivity index (χ3v) is 5.17. The first-order valence-corrected chi connectivity index (χ1v) is 10.1. The number of nitrogens with one attached hydrogen (secondary N) is 1. The highest BCUT2D eigenvalue weighted by Crippen LogP contribution is 2.34. The quantitative estimate of drug-likeness (QED) is 0.527. The van der Waals surface area contributed by atoms with Gasteiger partial charge in [-0.3, -0.25) is 9.48 Å². The lowest BCUT2D eigenvalue weighted by Crippen LogP contribution is -2.13. The number of nitrogens with zero attached hydrogens (tertiary/aromatic N) is 3. The molecule has 21 heavy (non-hydrogen) atoms. The van der Waals surface area contributed by atoms with E-state index in [-0.39, 0.29) is 11.1 Å². The molecule has 2 aromatic heterocycles. The van der Waals surface area contributed by atoms with Gasteiger partial charge in [-0.15, -0.1) is 0 Å². The third kappa shape index (κ3) is 2.24. The van der Waals surface area contributed by atoms with Crippen molar-refractivity contribution in [1.29, 1.82) is 0 Å². The van der Waals surface area contributed by atoms with Gasteiger partial charge >= 0.3 is 0 Å². The van der Waals surface area contributed by atoms with Gasteiger partial charge in [-0.1, -0.05) is 6.58 Å². The van der Waals surface area contributed by atoms with Gasteiger partial charge in [0, 0.05) is 30.3 Å². The van der Waals surface area contributed by atoms with Gasteiger partial charge in [-0.05, 0) is 34.2 Å². The van der Waals surface area contributed by atoms with E-state index in [2.05, 4.69) is 38.8 Å². The first kappa shape index (κ1) is 14.5. The maximum Gasteiger partial charge on any atom is 0.274 e. The molecule has 8 heteroatoms. The van der Waals surface area contributed by atoms with Crippen LogP contribution in [0.15, 0.2) is 29.7 Å². The standard InChI is InChI=1S/C13H11FIN4OP/c1-3-11-8-4-7(9-6-16-18(2)13(9)20)10(14)5-12(8)19(17-11)21-15/h3-6,16,21H,1H2,2H3. The summed E-state index contributed by atoms with van der Waals surface area (Å²) in [7, 11) is 1.59. The van der Waals surface area contributed by atoms with Crippen LogP contribution in [0.1, 0.15) is 5.69 Å². The summed E-state index contributed by atoms with van der Waals surface area (Å²) in [6, 6.07) is 3.08. The van der Waals surface area contributed by atoms with Crippen molar-refractivity contribution in [2.24, 2.45) is 7.05 Å². The number of aryl methyl sites for hydroxylation is 1. The van der Waals surface area contributed by atoms with Gasteiger partial charge in [0.15, 0.2) is 0 Å². The van der Waals surface area contributed by atoms with Crippen molar-refractivity contribution in [3.63, 3.8) is 0 Å². The van der Waals surface area contributed by atoms with Crippen molar-refractivity contribution in [3.05, 3.63) is 46.8 Å². The van der Waals surface area contributed by atoms with Crippen LogP contribution in [-0.4, -0.2) is 19.3 Å². The van der Waals surface area contributed by atoms with E-state index in [0.717, 1.165) is 5.39 Å². The number of hydrogen-bond acceptors (Lipinski definition) is 2. The number of fused-ring (bicyclic) bond motifs is 1. The van der Waals surface area contributed by atoms with Gasteiger partial charge in [0.05, 0.1) is 23.1 Å². The van der Waals surface area contributed by atoms with Crippen LogP contribution in [0.5, 0.6) is 0 Å². The Balaban J connectivity index is 2.35. The van der Waals surface area contributed by atoms with Crippen LogP contribution >= 0.6 is 28.4 Å². The molecule has 0 saturated carbocycles. The smallest absolute Gasteiger partial charge is 0.274 e. The lowest BCUT2D eigenvalue weighted by Gasteiger charge is -2.02. The zero-order valence-corrected chi connectivity index (χ0v) is 14.2. The van der Waals surface area contributed by atoms with Crippen molar-refractivity contribution < 1.29 is 4.39 Å². The number of aromatic amines is 1. The molecule has 0 aliphatic rings. The molecule has 0 aliphatic heterocycles. The molecule has 1 N–H and O–H groups in total. The number of halogens is 2. The van der Waals surface area contributed by atoms with E-state index in [4.69, 9.17) is 0 Å². The minimum absolute atomic E-state index is 0.267. The molecule has 3 rings (SSSR count). The maximum atomic E-state index is 14.4. The zero-order chi connectivity index (χ0) is 15.1. The lowest BCUT2D eigenvalue weighted by atomic mass is 10.1. The highest BCUT2D eigenvalue weighted by Gasteiger charge is 2.16. The van der Waals surface area contributed by atoms with E-state index in [9.17, 15) is 9.18 Å². The SMILES string of the molecule is C=Cc1nn(PI)c2cc(F)c(-c3c[nH]n(C)c3=O)cc12. The number of aromatic nitrogens is 4. The fraction of sp³-hybridized carbons (Fsp3) is 0.0769. The van der Waals surface area contributed by atoms with Gasteiger partial charge in [0.25, 0.3) is 5.56 Å². The monoisotopic (exact) mass is 416 g/mol. The number of hydrogen-bond donors (Lipinski definition) is 1. The van der Waals surface area contributed by atoms with E-state index in [1.54, 1.807) is 23.6 Å². The fourth-order valence-corrected chi connectivity index (χ4v) is 3.76. The van der Waals surface area contributed by atoms with E-state index in [1.807, 2.05) is 0 Å². The van der Waals surface area contributed by atoms with Gasteiger partial charge in [0.1, 0.15) is 5.82 Å². The van der Waals surface area contributed by atoms with Crippen LogP contribution in [0, 0.1) is 5.82 Å². The van der Waals surface area contributed by atoms with E-state index < -0.39 is 5.82 Å². The molecule has 0 aliphatic carbocycles. The molecule has 1 atom stereocenters. The number of benzene rings is 1. The normalized spacial score (nSPS) is 11.8. The van der Waals surface area contributed by atoms with Crippen LogP contribution in [0.4, 0.5) is 4.39 Å². The molecule has 0 saturated heterocycles. The summed E-state index contributed by atoms with van der Waals surface area (Å²) in [5.41, 5.74) is 1.69. The molecule has 1 aromatic carbocycles. The second-order valence-electron chi connectivity index (χ2n) is 4.49. The second kappa shape index (κ2) is 5.38. The average Bonchev–Trinajstić information content (AvgIpc) is 2.99. The van der Waals surface area contributed by atoms with Crippen LogP contribution in [0.3, 0.4) is 0 Å². The van der Waals surface area contributed by atoms with Gasteiger partial charge in [-0.25, -0.2) is 8.84 Å². The van der Waals surface area contributed by atoms with Crippen molar-refractivity contribution >= 4 is 45.4 Å². The second-order valence-corrected chi connectivity index (χ2v) is 6.53. The van der Waals surface area contributed by atoms with E-state index in [1.165, 1.54) is 16.9 Å². The Labute approximate surface area is 134 Å². The molecule has 1 unspecified atom stereocenters. The predicted molar refractivity (Wildman–Crippen MR) is 92.5 cm³/mol. The highest BCUT2D eigenvalue weighted by molar-refractivity contribution is 14.2. The lowest BCUT2D eigenvalue weighted by molar-refractivity contribution is 0.632. The van der Waals surface area contributed by atoms with Crippen molar-refractivity contribution in [1.82, 2.24) is 19.3 Å². The van der Waals surface area contributed by atoms with Crippen molar-refractivity contribution in [2.45, 2.75) is 0 Å². The zero-order valence-electron chi connectivity index (χ0n) is 11.0. The Bertz CT molecular complexity index is 911. The maximum absolute atomic E-state index is 14.4. The summed E-state index contributed by atoms with van der Waals surface area (Å²) < 4.78 is 17.4. The number of rotatable bonds is 3.